The van der Waals surface area contributed by atoms with Gasteiger partial charge in [-0.3, -0.25) is 4.79 Å². The molecular formula is C14H20N4O3S. The maximum atomic E-state index is 12.0. The molecule has 7 nitrogen and oxygen atoms in total. The zero-order valence-electron chi connectivity index (χ0n) is 13.1. The lowest BCUT2D eigenvalue weighted by Gasteiger charge is -2.04. The van der Waals surface area contributed by atoms with Crippen molar-refractivity contribution in [2.75, 3.05) is 6.61 Å². The molecule has 0 saturated carbocycles. The largest absolute Gasteiger partial charge is 0.371 e. The van der Waals surface area contributed by atoms with Crippen molar-refractivity contribution in [3.63, 3.8) is 0 Å². The van der Waals surface area contributed by atoms with Gasteiger partial charge in [-0.1, -0.05) is 19.0 Å². The highest BCUT2D eigenvalue weighted by Crippen LogP contribution is 2.21. The first-order chi connectivity index (χ1) is 10.5. The summed E-state index contributed by atoms with van der Waals surface area (Å²) < 4.78 is 10.5. The lowest BCUT2D eigenvalue weighted by Crippen LogP contribution is -2.22. The third-order valence-corrected chi connectivity index (χ3v) is 4.20. The van der Waals surface area contributed by atoms with Gasteiger partial charge in [-0.05, 0) is 13.8 Å². The summed E-state index contributed by atoms with van der Waals surface area (Å²) in [6.45, 7) is 8.59. The molecule has 2 aromatic rings. The van der Waals surface area contributed by atoms with Crippen LogP contribution < -0.4 is 5.32 Å². The summed E-state index contributed by atoms with van der Waals surface area (Å²) in [6.07, 6.45) is 1.36. The molecule has 0 aromatic carbocycles. The van der Waals surface area contributed by atoms with Gasteiger partial charge < -0.3 is 14.6 Å². The van der Waals surface area contributed by atoms with Crippen LogP contribution in [0, 0.1) is 0 Å². The van der Waals surface area contributed by atoms with E-state index in [0.29, 0.717) is 29.1 Å². The number of aromatic nitrogens is 3. The Morgan fingerprint density at radius 2 is 2.23 bits per heavy atom. The van der Waals surface area contributed by atoms with Crippen molar-refractivity contribution < 1.29 is 14.1 Å². The van der Waals surface area contributed by atoms with E-state index in [-0.39, 0.29) is 18.6 Å². The van der Waals surface area contributed by atoms with Gasteiger partial charge in [-0.15, -0.1) is 11.3 Å². The molecule has 2 aromatic heterocycles. The van der Waals surface area contributed by atoms with E-state index in [4.69, 9.17) is 9.26 Å². The number of carbonyl (C=O) groups excluding carboxylic acids is 1. The molecular weight excluding hydrogens is 304 g/mol. The van der Waals surface area contributed by atoms with Gasteiger partial charge in [0.05, 0.1) is 17.7 Å². The molecule has 1 atom stereocenters. The van der Waals surface area contributed by atoms with E-state index >= 15 is 0 Å². The van der Waals surface area contributed by atoms with E-state index in [9.17, 15) is 4.79 Å². The van der Waals surface area contributed by atoms with Crippen LogP contribution in [-0.2, 0) is 11.3 Å². The van der Waals surface area contributed by atoms with Crippen LogP contribution in [0.1, 0.15) is 66.1 Å². The molecule has 1 N–H and O–H groups in total. The number of thiazole rings is 1. The Kier molecular flexibility index (Phi) is 5.62. The maximum Gasteiger partial charge on any atom is 0.263 e. The molecule has 0 aliphatic carbocycles. The summed E-state index contributed by atoms with van der Waals surface area (Å²) in [6, 6.07) is 0. The number of amides is 1. The summed E-state index contributed by atoms with van der Waals surface area (Å²) in [4.78, 5) is 21.0. The number of hydrogen-bond donors (Lipinski definition) is 1. The first kappa shape index (κ1) is 16.6. The van der Waals surface area contributed by atoms with Gasteiger partial charge >= 0.3 is 0 Å². The van der Waals surface area contributed by atoms with Crippen molar-refractivity contribution in [1.82, 2.24) is 20.4 Å². The Labute approximate surface area is 133 Å². The van der Waals surface area contributed by atoms with Crippen LogP contribution in [-0.4, -0.2) is 27.6 Å². The number of rotatable bonds is 7. The summed E-state index contributed by atoms with van der Waals surface area (Å²) in [5, 5.41) is 7.53. The van der Waals surface area contributed by atoms with Gasteiger partial charge in [0.2, 0.25) is 5.89 Å². The fourth-order valence-electron chi connectivity index (χ4n) is 1.73. The Hall–Kier alpha value is -1.80. The third kappa shape index (κ3) is 4.11. The number of hydrogen-bond acceptors (Lipinski definition) is 7. The SMILES string of the molecule is CCOC(C)c1noc(CNC(=O)c2cnc(C(C)C)s2)n1. The fourth-order valence-corrected chi connectivity index (χ4v) is 2.57. The first-order valence-corrected chi connectivity index (χ1v) is 8.00. The van der Waals surface area contributed by atoms with Gasteiger partial charge in [0.1, 0.15) is 11.0 Å². The van der Waals surface area contributed by atoms with Gasteiger partial charge in [-0.25, -0.2) is 4.98 Å². The molecule has 0 saturated heterocycles. The number of nitrogens with zero attached hydrogens (tertiary/aromatic N) is 3. The molecule has 0 fully saturated rings. The summed E-state index contributed by atoms with van der Waals surface area (Å²) in [5.74, 6) is 0.946. The van der Waals surface area contributed by atoms with Crippen LogP contribution >= 0.6 is 11.3 Å². The van der Waals surface area contributed by atoms with E-state index < -0.39 is 0 Å². The molecule has 0 bridgehead atoms. The van der Waals surface area contributed by atoms with Crippen molar-refractivity contribution in [1.29, 1.82) is 0 Å². The van der Waals surface area contributed by atoms with Crippen molar-refractivity contribution in [2.45, 2.75) is 46.3 Å². The van der Waals surface area contributed by atoms with E-state index in [2.05, 4.69) is 20.4 Å². The van der Waals surface area contributed by atoms with Crippen molar-refractivity contribution >= 4 is 17.2 Å². The standard InChI is InChI=1S/C14H20N4O3S/c1-5-20-9(4)12-17-11(21-18-12)7-15-13(19)10-6-16-14(22-10)8(2)3/h6,8-9H,5,7H2,1-4H3,(H,15,19). The molecule has 0 aliphatic rings. The van der Waals surface area contributed by atoms with Crippen LogP contribution in [0.5, 0.6) is 0 Å². The number of nitrogens with one attached hydrogen (secondary N) is 1. The predicted octanol–water partition coefficient (Wildman–Crippen LogP) is 2.68. The lowest BCUT2D eigenvalue weighted by atomic mass is 10.2. The minimum absolute atomic E-state index is 0.180. The van der Waals surface area contributed by atoms with Crippen LogP contribution in [0.3, 0.4) is 0 Å². The summed E-state index contributed by atoms with van der Waals surface area (Å²) >= 11 is 1.39. The lowest BCUT2D eigenvalue weighted by molar-refractivity contribution is 0.0683. The summed E-state index contributed by atoms with van der Waals surface area (Å²) in [5.41, 5.74) is 0. The van der Waals surface area contributed by atoms with Gasteiger partial charge in [0.25, 0.3) is 5.91 Å². The highest BCUT2D eigenvalue weighted by atomic mass is 32.1. The average Bonchev–Trinajstić information content (AvgIpc) is 3.14. The molecule has 1 amide bonds. The molecule has 8 heteroatoms. The van der Waals surface area contributed by atoms with E-state index in [1.807, 2.05) is 27.7 Å². The van der Waals surface area contributed by atoms with Crippen LogP contribution in [0.2, 0.25) is 0 Å². The Bertz CT molecular complexity index is 623. The van der Waals surface area contributed by atoms with Crippen molar-refractivity contribution in [3.05, 3.63) is 27.8 Å². The van der Waals surface area contributed by atoms with Gasteiger partial charge in [0, 0.05) is 12.5 Å². The van der Waals surface area contributed by atoms with E-state index in [0.717, 1.165) is 5.01 Å². The monoisotopic (exact) mass is 324 g/mol. The maximum absolute atomic E-state index is 12.0. The molecule has 22 heavy (non-hydrogen) atoms. The number of ether oxygens (including phenoxy) is 1. The van der Waals surface area contributed by atoms with Crippen LogP contribution in [0.25, 0.3) is 0 Å². The minimum atomic E-state index is -0.228. The molecule has 2 rings (SSSR count). The highest BCUT2D eigenvalue weighted by molar-refractivity contribution is 7.13. The molecule has 0 spiro atoms. The molecule has 0 radical (unpaired) electrons. The molecule has 0 aliphatic heterocycles. The van der Waals surface area contributed by atoms with E-state index in [1.165, 1.54) is 11.3 Å². The van der Waals surface area contributed by atoms with Gasteiger partial charge in [0.15, 0.2) is 5.82 Å². The number of carbonyl (C=O) groups is 1. The highest BCUT2D eigenvalue weighted by Gasteiger charge is 2.16. The molecule has 1 unspecified atom stereocenters. The Balaban J connectivity index is 1.90. The zero-order valence-corrected chi connectivity index (χ0v) is 13.9. The average molecular weight is 324 g/mol. The fraction of sp³-hybridized carbons (Fsp3) is 0.571. The summed E-state index contributed by atoms with van der Waals surface area (Å²) in [7, 11) is 0. The smallest absolute Gasteiger partial charge is 0.263 e. The zero-order chi connectivity index (χ0) is 16.1. The van der Waals surface area contributed by atoms with Crippen LogP contribution in [0.4, 0.5) is 0 Å². The third-order valence-electron chi connectivity index (χ3n) is 2.91. The second-order valence-corrected chi connectivity index (χ2v) is 6.11. The minimum Gasteiger partial charge on any atom is -0.371 e. The van der Waals surface area contributed by atoms with Crippen molar-refractivity contribution in [2.24, 2.45) is 0 Å². The Morgan fingerprint density at radius 1 is 1.45 bits per heavy atom. The molecule has 120 valence electrons. The normalized spacial score (nSPS) is 12.6. The van der Waals surface area contributed by atoms with Gasteiger partial charge in [-0.2, -0.15) is 4.98 Å². The second-order valence-electron chi connectivity index (χ2n) is 5.04. The predicted molar refractivity (Wildman–Crippen MR) is 81.7 cm³/mol. The second kappa shape index (κ2) is 7.46. The first-order valence-electron chi connectivity index (χ1n) is 7.19. The van der Waals surface area contributed by atoms with Crippen molar-refractivity contribution in [3.8, 4) is 0 Å². The van der Waals surface area contributed by atoms with E-state index in [1.54, 1.807) is 6.20 Å². The topological polar surface area (TPSA) is 90.1 Å². The molecule has 2 heterocycles. The Morgan fingerprint density at radius 3 is 2.86 bits per heavy atom. The van der Waals surface area contributed by atoms with Crippen LogP contribution in [0.15, 0.2) is 10.7 Å². The quantitative estimate of drug-likeness (QED) is 0.842.